The summed E-state index contributed by atoms with van der Waals surface area (Å²) in [6.45, 7) is 1.93. The third-order valence-electron chi connectivity index (χ3n) is 3.17. The number of hydrogen-bond acceptors (Lipinski definition) is 3. The van der Waals surface area contributed by atoms with Crippen LogP contribution in [0, 0.1) is 5.82 Å². The average Bonchev–Trinajstić information content (AvgIpc) is 3.01. The molecule has 0 spiro atoms. The van der Waals surface area contributed by atoms with Crippen LogP contribution in [0.15, 0.2) is 35.0 Å². The zero-order valence-corrected chi connectivity index (χ0v) is 13.5. The van der Waals surface area contributed by atoms with Crippen molar-refractivity contribution in [2.75, 3.05) is 6.54 Å². The molecule has 118 valence electrons. The van der Waals surface area contributed by atoms with E-state index in [1.165, 1.54) is 23.5 Å². The van der Waals surface area contributed by atoms with E-state index in [1.54, 1.807) is 13.0 Å². The van der Waals surface area contributed by atoms with Crippen LogP contribution in [-0.2, 0) is 12.1 Å². The molecular weight excluding hydrogens is 327 g/mol. The van der Waals surface area contributed by atoms with E-state index >= 15 is 0 Å². The second-order valence-corrected chi connectivity index (χ2v) is 6.26. The van der Waals surface area contributed by atoms with Crippen molar-refractivity contribution in [1.29, 1.82) is 0 Å². The molecule has 1 aromatic carbocycles. The summed E-state index contributed by atoms with van der Waals surface area (Å²) in [6.07, 6.45) is 0. The van der Waals surface area contributed by atoms with Gasteiger partial charge in [-0.3, -0.25) is 0 Å². The van der Waals surface area contributed by atoms with Gasteiger partial charge in [0.1, 0.15) is 11.4 Å². The Kier molecular flexibility index (Phi) is 5.39. The molecule has 2 aromatic rings. The zero-order valence-electron chi connectivity index (χ0n) is 11.9. The normalized spacial score (nSPS) is 13.5. The molecule has 3 N–H and O–H groups in total. The standard InChI is InChI=1S/C15H16ClFN2O2S/c1-15(21,11-4-5-22-8-11)9-19-14(20)18-7-10-2-3-13(17)12(16)6-10/h2-6,8,21H,7,9H2,1H3,(H2,18,19,20). The molecule has 0 bridgehead atoms. The first-order valence-corrected chi connectivity index (χ1v) is 7.91. The summed E-state index contributed by atoms with van der Waals surface area (Å²) < 4.78 is 13.0. The summed E-state index contributed by atoms with van der Waals surface area (Å²) in [5, 5.41) is 19.2. The van der Waals surface area contributed by atoms with Crippen LogP contribution < -0.4 is 10.6 Å². The molecule has 1 aromatic heterocycles. The number of benzene rings is 1. The van der Waals surface area contributed by atoms with E-state index in [4.69, 9.17) is 11.6 Å². The molecule has 2 amide bonds. The lowest BCUT2D eigenvalue weighted by molar-refractivity contribution is 0.0598. The number of halogens is 2. The fourth-order valence-corrected chi connectivity index (χ4v) is 2.81. The van der Waals surface area contributed by atoms with Crippen molar-refractivity contribution in [1.82, 2.24) is 10.6 Å². The first kappa shape index (κ1) is 16.7. The first-order chi connectivity index (χ1) is 10.4. The summed E-state index contributed by atoms with van der Waals surface area (Å²) in [6, 6.07) is 5.64. The maximum absolute atomic E-state index is 13.0. The highest BCUT2D eigenvalue weighted by atomic mass is 35.5. The fourth-order valence-electron chi connectivity index (χ4n) is 1.82. The van der Waals surface area contributed by atoms with Gasteiger partial charge in [-0.2, -0.15) is 11.3 Å². The van der Waals surface area contributed by atoms with Crippen molar-refractivity contribution in [3.8, 4) is 0 Å². The summed E-state index contributed by atoms with van der Waals surface area (Å²) in [4.78, 5) is 11.7. The molecule has 22 heavy (non-hydrogen) atoms. The van der Waals surface area contributed by atoms with E-state index < -0.39 is 17.4 Å². The molecule has 0 radical (unpaired) electrons. The zero-order chi connectivity index (χ0) is 16.2. The van der Waals surface area contributed by atoms with Crippen molar-refractivity contribution in [3.63, 3.8) is 0 Å². The lowest BCUT2D eigenvalue weighted by Crippen LogP contribution is -2.43. The van der Waals surface area contributed by atoms with Gasteiger partial charge in [-0.05, 0) is 47.0 Å². The number of aliphatic hydroxyl groups is 1. The maximum atomic E-state index is 13.0. The largest absolute Gasteiger partial charge is 0.384 e. The van der Waals surface area contributed by atoms with E-state index in [9.17, 15) is 14.3 Å². The second kappa shape index (κ2) is 7.09. The van der Waals surface area contributed by atoms with E-state index in [0.29, 0.717) is 5.56 Å². The number of thiophene rings is 1. The minimum absolute atomic E-state index is 0.0140. The van der Waals surface area contributed by atoms with Gasteiger partial charge < -0.3 is 15.7 Å². The highest BCUT2D eigenvalue weighted by Crippen LogP contribution is 2.22. The molecule has 0 aliphatic rings. The summed E-state index contributed by atoms with van der Waals surface area (Å²) in [7, 11) is 0. The van der Waals surface area contributed by atoms with Gasteiger partial charge in [0.15, 0.2) is 0 Å². The van der Waals surface area contributed by atoms with Crippen molar-refractivity contribution in [3.05, 3.63) is 57.0 Å². The number of urea groups is 1. The summed E-state index contributed by atoms with van der Waals surface area (Å²) >= 11 is 7.15. The lowest BCUT2D eigenvalue weighted by atomic mass is 9.99. The molecule has 0 saturated heterocycles. The van der Waals surface area contributed by atoms with Crippen molar-refractivity contribution >= 4 is 29.0 Å². The fraction of sp³-hybridized carbons (Fsp3) is 0.267. The van der Waals surface area contributed by atoms with Gasteiger partial charge in [-0.1, -0.05) is 17.7 Å². The van der Waals surface area contributed by atoms with Crippen molar-refractivity contribution < 1.29 is 14.3 Å². The number of hydrogen-bond donors (Lipinski definition) is 3. The molecule has 0 fully saturated rings. The molecule has 0 aliphatic carbocycles. The Morgan fingerprint density at radius 1 is 1.41 bits per heavy atom. The van der Waals surface area contributed by atoms with E-state index in [0.717, 1.165) is 5.56 Å². The van der Waals surface area contributed by atoms with Crippen LogP contribution in [0.1, 0.15) is 18.1 Å². The van der Waals surface area contributed by atoms with Crippen LogP contribution in [-0.4, -0.2) is 17.7 Å². The molecule has 2 rings (SSSR count). The van der Waals surface area contributed by atoms with Crippen LogP contribution >= 0.6 is 22.9 Å². The predicted molar refractivity (Wildman–Crippen MR) is 85.5 cm³/mol. The lowest BCUT2D eigenvalue weighted by Gasteiger charge is -2.22. The Balaban J connectivity index is 1.82. The molecule has 7 heteroatoms. The first-order valence-electron chi connectivity index (χ1n) is 6.59. The summed E-state index contributed by atoms with van der Waals surface area (Å²) in [5.41, 5.74) is 0.311. The average molecular weight is 343 g/mol. The van der Waals surface area contributed by atoms with Gasteiger partial charge in [-0.15, -0.1) is 0 Å². The molecule has 0 aliphatic heterocycles. The molecule has 1 heterocycles. The highest BCUT2D eigenvalue weighted by molar-refractivity contribution is 7.08. The summed E-state index contributed by atoms with van der Waals surface area (Å²) in [5.74, 6) is -0.498. The predicted octanol–water partition coefficient (Wildman–Crippen LogP) is 3.25. The Morgan fingerprint density at radius 2 is 2.18 bits per heavy atom. The molecule has 4 nitrogen and oxygen atoms in total. The number of amides is 2. The molecule has 1 unspecified atom stereocenters. The van der Waals surface area contributed by atoms with E-state index in [1.807, 2.05) is 16.8 Å². The van der Waals surface area contributed by atoms with Crippen molar-refractivity contribution in [2.24, 2.45) is 0 Å². The Morgan fingerprint density at radius 3 is 2.82 bits per heavy atom. The van der Waals surface area contributed by atoms with Gasteiger partial charge in [0.2, 0.25) is 0 Å². The Hall–Kier alpha value is -1.63. The third kappa shape index (κ3) is 4.43. The molecular formula is C15H16ClFN2O2S. The topological polar surface area (TPSA) is 61.4 Å². The Labute approximate surface area is 136 Å². The smallest absolute Gasteiger partial charge is 0.315 e. The highest BCUT2D eigenvalue weighted by Gasteiger charge is 2.24. The van der Waals surface area contributed by atoms with Crippen LogP contribution in [0.2, 0.25) is 5.02 Å². The van der Waals surface area contributed by atoms with Crippen molar-refractivity contribution in [2.45, 2.75) is 19.1 Å². The van der Waals surface area contributed by atoms with Crippen LogP contribution in [0.3, 0.4) is 0 Å². The van der Waals surface area contributed by atoms with Crippen LogP contribution in [0.4, 0.5) is 9.18 Å². The van der Waals surface area contributed by atoms with Gasteiger partial charge in [0, 0.05) is 6.54 Å². The maximum Gasteiger partial charge on any atom is 0.315 e. The van der Waals surface area contributed by atoms with E-state index in [2.05, 4.69) is 10.6 Å². The van der Waals surface area contributed by atoms with Crippen LogP contribution in [0.5, 0.6) is 0 Å². The number of rotatable bonds is 5. The SMILES string of the molecule is CC(O)(CNC(=O)NCc1ccc(F)c(Cl)c1)c1ccsc1. The second-order valence-electron chi connectivity index (χ2n) is 5.07. The monoisotopic (exact) mass is 342 g/mol. The molecule has 1 atom stereocenters. The van der Waals surface area contributed by atoms with Gasteiger partial charge in [0.05, 0.1) is 11.6 Å². The third-order valence-corrected chi connectivity index (χ3v) is 4.15. The Bertz CT molecular complexity index is 647. The minimum Gasteiger partial charge on any atom is -0.384 e. The number of carbonyl (C=O) groups is 1. The van der Waals surface area contributed by atoms with E-state index in [-0.39, 0.29) is 18.1 Å². The van der Waals surface area contributed by atoms with Gasteiger partial charge >= 0.3 is 6.03 Å². The number of nitrogens with one attached hydrogen (secondary N) is 2. The minimum atomic E-state index is -1.13. The quantitative estimate of drug-likeness (QED) is 0.781. The van der Waals surface area contributed by atoms with Gasteiger partial charge in [0.25, 0.3) is 0 Å². The number of carbonyl (C=O) groups excluding carboxylic acids is 1. The van der Waals surface area contributed by atoms with Gasteiger partial charge in [-0.25, -0.2) is 9.18 Å². The molecule has 0 saturated carbocycles. The van der Waals surface area contributed by atoms with Crippen LogP contribution in [0.25, 0.3) is 0 Å².